The van der Waals surface area contributed by atoms with Crippen molar-refractivity contribution < 1.29 is 8.91 Å². The third-order valence-corrected chi connectivity index (χ3v) is 1.82. The molecule has 0 fully saturated rings. The van der Waals surface area contributed by atoms with Gasteiger partial charge in [0.15, 0.2) is 0 Å². The Kier molecular flexibility index (Phi) is 2.55. The van der Waals surface area contributed by atoms with Crippen molar-refractivity contribution in [1.82, 2.24) is 15.1 Å². The lowest BCUT2D eigenvalue weighted by molar-refractivity contribution is 0.427. The summed E-state index contributed by atoms with van der Waals surface area (Å²) in [5, 5.41) is 11.0. The zero-order chi connectivity index (χ0) is 11.5. The van der Waals surface area contributed by atoms with Crippen LogP contribution in [0.1, 0.15) is 5.82 Å². The minimum Gasteiger partial charge on any atom is -0.332 e. The van der Waals surface area contributed by atoms with Gasteiger partial charge < -0.3 is 4.52 Å². The molecule has 0 saturated carbocycles. The summed E-state index contributed by atoms with van der Waals surface area (Å²) in [6.07, 6.45) is 2.35. The summed E-state index contributed by atoms with van der Waals surface area (Å²) < 4.78 is 17.5. The van der Waals surface area contributed by atoms with Crippen molar-refractivity contribution >= 4 is 5.71 Å². The molecule has 2 rings (SSSR count). The third-order valence-electron chi connectivity index (χ3n) is 1.82. The highest BCUT2D eigenvalue weighted by Crippen LogP contribution is 2.14. The molecule has 2 heterocycles. The fourth-order valence-corrected chi connectivity index (χ4v) is 1.03. The summed E-state index contributed by atoms with van der Waals surface area (Å²) in [4.78, 5) is 7.70. The molecule has 6 heteroatoms. The van der Waals surface area contributed by atoms with Crippen LogP contribution in [0.4, 0.5) is 4.39 Å². The van der Waals surface area contributed by atoms with Crippen molar-refractivity contribution in [3.8, 4) is 11.6 Å². The van der Waals surface area contributed by atoms with Crippen LogP contribution in [0.2, 0.25) is 0 Å². The number of nitrogens with zero attached hydrogens (tertiary/aromatic N) is 3. The second-order valence-corrected chi connectivity index (χ2v) is 2.90. The molecule has 0 spiro atoms. The minimum absolute atomic E-state index is 0.0529. The van der Waals surface area contributed by atoms with Gasteiger partial charge >= 0.3 is 0 Å². The van der Waals surface area contributed by atoms with Gasteiger partial charge in [-0.15, -0.1) is 0 Å². The highest BCUT2D eigenvalue weighted by atomic mass is 19.1. The first-order chi connectivity index (χ1) is 7.70. The van der Waals surface area contributed by atoms with Gasteiger partial charge in [0.05, 0.1) is 6.20 Å². The lowest BCUT2D eigenvalue weighted by Crippen LogP contribution is -1.96. The SMILES string of the molecule is C=CC(=N)c1noc(-c2ccc(F)cn2)n1. The average molecular weight is 218 g/mol. The maximum Gasteiger partial charge on any atom is 0.276 e. The van der Waals surface area contributed by atoms with Gasteiger partial charge in [0.25, 0.3) is 5.89 Å². The molecule has 1 N–H and O–H groups in total. The number of rotatable bonds is 3. The van der Waals surface area contributed by atoms with Crippen LogP contribution in [0, 0.1) is 11.2 Å². The van der Waals surface area contributed by atoms with Crippen LogP contribution in [-0.2, 0) is 0 Å². The van der Waals surface area contributed by atoms with E-state index in [4.69, 9.17) is 9.93 Å². The van der Waals surface area contributed by atoms with Gasteiger partial charge in [0, 0.05) is 0 Å². The Labute approximate surface area is 90.1 Å². The maximum absolute atomic E-state index is 12.6. The Morgan fingerprint density at radius 1 is 1.50 bits per heavy atom. The molecule has 0 aliphatic carbocycles. The Balaban J connectivity index is 2.35. The molecule has 0 aliphatic heterocycles. The lowest BCUT2D eigenvalue weighted by Gasteiger charge is -1.91. The van der Waals surface area contributed by atoms with E-state index < -0.39 is 5.82 Å². The van der Waals surface area contributed by atoms with Crippen molar-refractivity contribution in [1.29, 1.82) is 5.41 Å². The largest absolute Gasteiger partial charge is 0.332 e. The molecule has 80 valence electrons. The summed E-state index contributed by atoms with van der Waals surface area (Å²) in [5.41, 5.74) is 0.411. The summed E-state index contributed by atoms with van der Waals surface area (Å²) in [7, 11) is 0. The van der Waals surface area contributed by atoms with E-state index in [0.717, 1.165) is 6.20 Å². The molecule has 0 saturated heterocycles. The number of hydrogen-bond donors (Lipinski definition) is 1. The van der Waals surface area contributed by atoms with E-state index in [2.05, 4.69) is 21.7 Å². The highest BCUT2D eigenvalue weighted by Gasteiger charge is 2.11. The van der Waals surface area contributed by atoms with Gasteiger partial charge in [-0.1, -0.05) is 11.7 Å². The van der Waals surface area contributed by atoms with E-state index in [-0.39, 0.29) is 17.4 Å². The fraction of sp³-hybridized carbons (Fsp3) is 0. The first kappa shape index (κ1) is 10.2. The summed E-state index contributed by atoms with van der Waals surface area (Å²) in [6, 6.07) is 2.66. The summed E-state index contributed by atoms with van der Waals surface area (Å²) in [6.45, 7) is 3.42. The molecule has 0 bridgehead atoms. The van der Waals surface area contributed by atoms with Gasteiger partial charge in [-0.25, -0.2) is 9.37 Å². The second kappa shape index (κ2) is 4.01. The van der Waals surface area contributed by atoms with Crippen molar-refractivity contribution in [2.75, 3.05) is 0 Å². The molecule has 2 aromatic heterocycles. The van der Waals surface area contributed by atoms with Crippen molar-refractivity contribution in [2.45, 2.75) is 0 Å². The monoisotopic (exact) mass is 218 g/mol. The number of pyridine rings is 1. The Bertz CT molecular complexity index is 532. The molecule has 0 radical (unpaired) electrons. The number of nitrogens with one attached hydrogen (secondary N) is 1. The van der Waals surface area contributed by atoms with Crippen LogP contribution >= 0.6 is 0 Å². The van der Waals surface area contributed by atoms with Crippen molar-refractivity contribution in [3.63, 3.8) is 0 Å². The molecule has 0 aliphatic rings. The Morgan fingerprint density at radius 2 is 2.31 bits per heavy atom. The molecule has 0 atom stereocenters. The first-order valence-electron chi connectivity index (χ1n) is 4.37. The van der Waals surface area contributed by atoms with Gasteiger partial charge in [-0.3, -0.25) is 5.41 Å². The fourth-order valence-electron chi connectivity index (χ4n) is 1.03. The van der Waals surface area contributed by atoms with E-state index in [9.17, 15) is 4.39 Å². The van der Waals surface area contributed by atoms with E-state index in [1.165, 1.54) is 18.2 Å². The number of hydrogen-bond acceptors (Lipinski definition) is 5. The number of allylic oxidation sites excluding steroid dienone is 1. The van der Waals surface area contributed by atoms with Crippen molar-refractivity contribution in [2.24, 2.45) is 0 Å². The first-order valence-corrected chi connectivity index (χ1v) is 4.37. The predicted molar refractivity (Wildman–Crippen MR) is 54.5 cm³/mol. The molecule has 0 amide bonds. The topological polar surface area (TPSA) is 75.7 Å². The smallest absolute Gasteiger partial charge is 0.276 e. The molecule has 16 heavy (non-hydrogen) atoms. The quantitative estimate of drug-likeness (QED) is 0.797. The summed E-state index contributed by atoms with van der Waals surface area (Å²) >= 11 is 0. The molecular weight excluding hydrogens is 211 g/mol. The highest BCUT2D eigenvalue weighted by molar-refractivity contribution is 6.03. The molecule has 0 unspecified atom stereocenters. The van der Waals surface area contributed by atoms with Crippen LogP contribution in [0.25, 0.3) is 11.6 Å². The van der Waals surface area contributed by atoms with Gasteiger partial charge in [0.2, 0.25) is 5.82 Å². The third kappa shape index (κ3) is 1.85. The minimum atomic E-state index is -0.442. The predicted octanol–water partition coefficient (Wildman–Crippen LogP) is 1.82. The zero-order valence-corrected chi connectivity index (χ0v) is 8.14. The normalized spacial score (nSPS) is 10.1. The second-order valence-electron chi connectivity index (χ2n) is 2.90. The molecule has 5 nitrogen and oxygen atoms in total. The number of halogens is 1. The van der Waals surface area contributed by atoms with Gasteiger partial charge in [-0.05, 0) is 18.2 Å². The Morgan fingerprint density at radius 3 is 2.94 bits per heavy atom. The zero-order valence-electron chi connectivity index (χ0n) is 8.14. The van der Waals surface area contributed by atoms with Gasteiger partial charge in [-0.2, -0.15) is 4.98 Å². The van der Waals surface area contributed by atoms with Gasteiger partial charge in [0.1, 0.15) is 17.2 Å². The van der Waals surface area contributed by atoms with E-state index >= 15 is 0 Å². The lowest BCUT2D eigenvalue weighted by atomic mass is 10.3. The van der Waals surface area contributed by atoms with Crippen molar-refractivity contribution in [3.05, 3.63) is 42.6 Å². The molecule has 2 aromatic rings. The van der Waals surface area contributed by atoms with E-state index in [1.807, 2.05) is 0 Å². The molecular formula is C10H7FN4O. The van der Waals surface area contributed by atoms with Crippen LogP contribution in [-0.4, -0.2) is 20.8 Å². The average Bonchev–Trinajstić information content (AvgIpc) is 2.78. The number of aromatic nitrogens is 3. The van der Waals surface area contributed by atoms with Crippen LogP contribution in [0.15, 0.2) is 35.5 Å². The van der Waals surface area contributed by atoms with Crippen LogP contribution < -0.4 is 0 Å². The van der Waals surface area contributed by atoms with Crippen LogP contribution in [0.3, 0.4) is 0 Å². The molecule has 0 aromatic carbocycles. The van der Waals surface area contributed by atoms with Crippen LogP contribution in [0.5, 0.6) is 0 Å². The van der Waals surface area contributed by atoms with E-state index in [1.54, 1.807) is 0 Å². The maximum atomic E-state index is 12.6. The standard InChI is InChI=1S/C10H7FN4O/c1-2-7(12)9-14-10(16-15-9)8-4-3-6(11)5-13-8/h2-5,12H,1H2. The summed E-state index contributed by atoms with van der Waals surface area (Å²) in [5.74, 6) is -0.181. The van der Waals surface area contributed by atoms with E-state index in [0.29, 0.717) is 5.69 Å². The Hall–Kier alpha value is -2.37.